The van der Waals surface area contributed by atoms with Crippen molar-refractivity contribution in [3.63, 3.8) is 0 Å². The lowest BCUT2D eigenvalue weighted by atomic mass is 9.92. The molecule has 0 bridgehead atoms. The molecule has 1 aliphatic rings. The minimum absolute atomic E-state index is 0.575. The number of benzene rings is 5. The summed E-state index contributed by atoms with van der Waals surface area (Å²) in [5.41, 5.74) is 16.2. The van der Waals surface area contributed by atoms with Gasteiger partial charge in [-0.05, 0) is 89.9 Å². The topological polar surface area (TPSA) is 90.2 Å². The maximum absolute atomic E-state index is 5.19. The lowest BCUT2D eigenvalue weighted by molar-refractivity contribution is 0.795. The Morgan fingerprint density at radius 2 is 0.952 bits per heavy atom. The first-order valence-corrected chi connectivity index (χ1v) is 21.4. The van der Waals surface area contributed by atoms with Crippen LogP contribution in [0.1, 0.15) is 36.5 Å². The molecule has 7 nitrogen and oxygen atoms in total. The standard InChI is InChI=1S/C55H41N7/c1-2-3-8-35-15-17-36(18-16-35)37-19-25-42(26-20-37)53-60-54(45-11-4-9-43(33-45)47-29-27-40-23-21-38-13-6-31-56-49(38)51(40)58-47)62-55(61-53)46-12-5-10-44(34-46)48-30-28-41-24-22-39-14-7-32-57-50(39)52(41)59-48/h4-7,9-21,23,25-34H,2-3,8,22,24H2,1H3. The number of hydrogen-bond donors (Lipinski definition) is 0. The summed E-state index contributed by atoms with van der Waals surface area (Å²) in [5, 5.41) is 2.11. The second kappa shape index (κ2) is 16.0. The quantitative estimate of drug-likeness (QED) is 0.134. The number of aryl methyl sites for hydroxylation is 3. The summed E-state index contributed by atoms with van der Waals surface area (Å²) >= 11 is 0. The molecular weight excluding hydrogens is 759 g/mol. The molecule has 0 fully saturated rings. The van der Waals surface area contributed by atoms with Crippen molar-refractivity contribution >= 4 is 21.8 Å². The van der Waals surface area contributed by atoms with Crippen LogP contribution in [0.3, 0.4) is 0 Å². The number of rotatable bonds is 9. The molecule has 62 heavy (non-hydrogen) atoms. The third-order valence-corrected chi connectivity index (χ3v) is 11.9. The van der Waals surface area contributed by atoms with Gasteiger partial charge in [0.15, 0.2) is 17.5 Å². The average molecular weight is 800 g/mol. The number of pyridine rings is 4. The maximum Gasteiger partial charge on any atom is 0.164 e. The lowest BCUT2D eigenvalue weighted by Crippen LogP contribution is -2.07. The van der Waals surface area contributed by atoms with Crippen molar-refractivity contribution in [2.75, 3.05) is 0 Å². The molecule has 0 spiro atoms. The van der Waals surface area contributed by atoms with Crippen molar-refractivity contribution in [2.24, 2.45) is 0 Å². The fourth-order valence-corrected chi connectivity index (χ4v) is 8.52. The van der Waals surface area contributed by atoms with E-state index in [0.29, 0.717) is 17.5 Å². The van der Waals surface area contributed by atoms with Crippen LogP contribution in [-0.2, 0) is 19.3 Å². The Kier molecular flexibility index (Phi) is 9.62. The van der Waals surface area contributed by atoms with Crippen LogP contribution < -0.4 is 0 Å². The van der Waals surface area contributed by atoms with Gasteiger partial charge >= 0.3 is 0 Å². The summed E-state index contributed by atoms with van der Waals surface area (Å²) in [5.74, 6) is 1.75. The monoisotopic (exact) mass is 799 g/mol. The van der Waals surface area contributed by atoms with Crippen LogP contribution in [0.25, 0.3) is 101 Å². The Hall–Kier alpha value is -7.77. The van der Waals surface area contributed by atoms with Crippen LogP contribution in [0, 0.1) is 0 Å². The minimum atomic E-state index is 0.575. The summed E-state index contributed by atoms with van der Waals surface area (Å²) in [4.78, 5) is 35.2. The molecule has 10 aromatic rings. The zero-order valence-corrected chi connectivity index (χ0v) is 34.3. The second-order valence-electron chi connectivity index (χ2n) is 16.0. The van der Waals surface area contributed by atoms with Crippen molar-refractivity contribution in [1.82, 2.24) is 34.9 Å². The summed E-state index contributed by atoms with van der Waals surface area (Å²) in [7, 11) is 0. The van der Waals surface area contributed by atoms with Gasteiger partial charge in [0.05, 0.1) is 33.8 Å². The number of hydrogen-bond acceptors (Lipinski definition) is 7. The number of aromatic nitrogens is 7. The van der Waals surface area contributed by atoms with Crippen molar-refractivity contribution in [2.45, 2.75) is 39.0 Å². The van der Waals surface area contributed by atoms with Gasteiger partial charge in [0, 0.05) is 51.0 Å². The molecule has 7 heteroatoms. The molecule has 5 heterocycles. The van der Waals surface area contributed by atoms with E-state index in [4.69, 9.17) is 29.9 Å². The van der Waals surface area contributed by atoms with Crippen LogP contribution in [0.2, 0.25) is 0 Å². The molecule has 0 radical (unpaired) electrons. The summed E-state index contributed by atoms with van der Waals surface area (Å²) in [6, 6.07) is 54.9. The van der Waals surface area contributed by atoms with Crippen LogP contribution in [-0.4, -0.2) is 34.9 Å². The predicted molar refractivity (Wildman–Crippen MR) is 250 cm³/mol. The number of unbranched alkanes of at least 4 members (excludes halogenated alkanes) is 1. The molecular formula is C55H41N7. The fourth-order valence-electron chi connectivity index (χ4n) is 8.52. The van der Waals surface area contributed by atoms with E-state index < -0.39 is 0 Å². The summed E-state index contributed by atoms with van der Waals surface area (Å²) < 4.78 is 0. The second-order valence-corrected chi connectivity index (χ2v) is 16.0. The van der Waals surface area contributed by atoms with Gasteiger partial charge in [0.1, 0.15) is 0 Å². The summed E-state index contributed by atoms with van der Waals surface area (Å²) in [6.45, 7) is 2.23. The Balaban J connectivity index is 0.995. The van der Waals surface area contributed by atoms with Gasteiger partial charge in [-0.1, -0.05) is 135 Å². The highest BCUT2D eigenvalue weighted by Gasteiger charge is 2.20. The van der Waals surface area contributed by atoms with E-state index in [1.807, 2.05) is 36.7 Å². The van der Waals surface area contributed by atoms with E-state index in [2.05, 4.69) is 145 Å². The first-order valence-electron chi connectivity index (χ1n) is 21.4. The Morgan fingerprint density at radius 3 is 1.66 bits per heavy atom. The molecule has 1 aliphatic carbocycles. The van der Waals surface area contributed by atoms with Gasteiger partial charge in [-0.15, -0.1) is 0 Å². The molecule has 0 saturated heterocycles. The molecule has 0 amide bonds. The van der Waals surface area contributed by atoms with Crippen molar-refractivity contribution < 1.29 is 0 Å². The highest BCUT2D eigenvalue weighted by Crippen LogP contribution is 2.35. The van der Waals surface area contributed by atoms with Gasteiger partial charge in [-0.25, -0.2) is 24.9 Å². The molecule has 5 aromatic carbocycles. The number of nitrogens with zero attached hydrogens (tertiary/aromatic N) is 7. The average Bonchev–Trinajstić information content (AvgIpc) is 3.35. The normalized spacial score (nSPS) is 12.0. The predicted octanol–water partition coefficient (Wildman–Crippen LogP) is 12.9. The van der Waals surface area contributed by atoms with E-state index in [0.717, 1.165) is 97.2 Å². The SMILES string of the molecule is CCCCc1ccc(-c2ccc(-c3nc(-c4cccc(-c5ccc6c(n5)-c5ncccc5CC6)c4)nc(-c4cccc(-c5ccc6ccc7cccnc7c6n5)c4)n3)cc2)cc1. The Bertz CT molecular complexity index is 3290. The van der Waals surface area contributed by atoms with Crippen LogP contribution in [0.15, 0.2) is 170 Å². The van der Waals surface area contributed by atoms with Gasteiger partial charge in [-0.2, -0.15) is 0 Å². The van der Waals surface area contributed by atoms with Crippen molar-refractivity contribution in [3.8, 4) is 79.2 Å². The van der Waals surface area contributed by atoms with Gasteiger partial charge in [-0.3, -0.25) is 9.97 Å². The zero-order chi connectivity index (χ0) is 41.4. The Labute approximate surface area is 360 Å². The van der Waals surface area contributed by atoms with E-state index in [1.54, 1.807) is 0 Å². The van der Waals surface area contributed by atoms with E-state index >= 15 is 0 Å². The van der Waals surface area contributed by atoms with E-state index in [-0.39, 0.29) is 0 Å². The minimum Gasteiger partial charge on any atom is -0.254 e. The highest BCUT2D eigenvalue weighted by molar-refractivity contribution is 6.03. The van der Waals surface area contributed by atoms with Crippen molar-refractivity contribution in [1.29, 1.82) is 0 Å². The van der Waals surface area contributed by atoms with Gasteiger partial charge in [0.25, 0.3) is 0 Å². The Morgan fingerprint density at radius 1 is 0.403 bits per heavy atom. The molecule has 0 saturated carbocycles. The number of fused-ring (bicyclic) bond motifs is 6. The van der Waals surface area contributed by atoms with E-state index in [1.165, 1.54) is 35.1 Å². The molecule has 11 rings (SSSR count). The molecule has 5 aromatic heterocycles. The first-order chi connectivity index (χ1) is 30.6. The largest absolute Gasteiger partial charge is 0.254 e. The summed E-state index contributed by atoms with van der Waals surface area (Å²) in [6.07, 6.45) is 9.10. The van der Waals surface area contributed by atoms with Crippen LogP contribution >= 0.6 is 0 Å². The van der Waals surface area contributed by atoms with Crippen LogP contribution in [0.4, 0.5) is 0 Å². The lowest BCUT2D eigenvalue weighted by Gasteiger charge is -2.18. The van der Waals surface area contributed by atoms with Gasteiger partial charge < -0.3 is 0 Å². The molecule has 0 N–H and O–H groups in total. The fraction of sp³-hybridized carbons (Fsp3) is 0.109. The first kappa shape index (κ1) is 37.2. The maximum atomic E-state index is 5.19. The highest BCUT2D eigenvalue weighted by atomic mass is 15.0. The zero-order valence-electron chi connectivity index (χ0n) is 34.3. The molecule has 0 aliphatic heterocycles. The third-order valence-electron chi connectivity index (χ3n) is 11.9. The molecule has 0 atom stereocenters. The van der Waals surface area contributed by atoms with Crippen LogP contribution in [0.5, 0.6) is 0 Å². The van der Waals surface area contributed by atoms with Crippen molar-refractivity contribution in [3.05, 3.63) is 187 Å². The van der Waals surface area contributed by atoms with Gasteiger partial charge in [0.2, 0.25) is 0 Å². The third kappa shape index (κ3) is 7.17. The molecule has 0 unspecified atom stereocenters. The smallest absolute Gasteiger partial charge is 0.164 e. The van der Waals surface area contributed by atoms with E-state index in [9.17, 15) is 0 Å². The molecule has 296 valence electrons.